The summed E-state index contributed by atoms with van der Waals surface area (Å²) in [5, 5.41) is 4.72. The van der Waals surface area contributed by atoms with Gasteiger partial charge < -0.3 is 10.5 Å². The van der Waals surface area contributed by atoms with Crippen LogP contribution < -0.4 is 5.73 Å². The van der Waals surface area contributed by atoms with E-state index in [0.29, 0.717) is 13.2 Å². The standard InChI is InChI=1S/C15H29N3O/c1-6-13-12(8-9-16)14(7-2)18(17-13)10-11-19-15(3,4)5/h6-11,16H2,1-5H3. The van der Waals surface area contributed by atoms with Gasteiger partial charge in [0.15, 0.2) is 0 Å². The van der Waals surface area contributed by atoms with Crippen molar-refractivity contribution in [2.24, 2.45) is 5.73 Å². The third-order valence-electron chi connectivity index (χ3n) is 3.15. The van der Waals surface area contributed by atoms with Crippen LogP contribution in [0.3, 0.4) is 0 Å². The predicted molar refractivity (Wildman–Crippen MR) is 79.4 cm³/mol. The van der Waals surface area contributed by atoms with Gasteiger partial charge in [-0.1, -0.05) is 13.8 Å². The zero-order chi connectivity index (χ0) is 14.5. The van der Waals surface area contributed by atoms with Crippen LogP contribution in [0.2, 0.25) is 0 Å². The summed E-state index contributed by atoms with van der Waals surface area (Å²) in [6, 6.07) is 0. The molecule has 19 heavy (non-hydrogen) atoms. The van der Waals surface area contributed by atoms with Crippen molar-refractivity contribution < 1.29 is 4.74 Å². The van der Waals surface area contributed by atoms with Crippen molar-refractivity contribution in [3.63, 3.8) is 0 Å². The van der Waals surface area contributed by atoms with E-state index in [-0.39, 0.29) is 5.60 Å². The molecule has 1 aromatic rings. The van der Waals surface area contributed by atoms with E-state index in [1.807, 2.05) is 0 Å². The van der Waals surface area contributed by atoms with E-state index in [0.717, 1.165) is 25.8 Å². The molecule has 0 saturated carbocycles. The van der Waals surface area contributed by atoms with E-state index in [4.69, 9.17) is 15.6 Å². The summed E-state index contributed by atoms with van der Waals surface area (Å²) in [7, 11) is 0. The fourth-order valence-electron chi connectivity index (χ4n) is 2.32. The number of nitrogens with two attached hydrogens (primary N) is 1. The molecule has 0 fully saturated rings. The molecule has 0 amide bonds. The summed E-state index contributed by atoms with van der Waals surface area (Å²) in [6.07, 6.45) is 2.89. The fraction of sp³-hybridized carbons (Fsp3) is 0.800. The molecule has 2 N–H and O–H groups in total. The Morgan fingerprint density at radius 3 is 2.37 bits per heavy atom. The van der Waals surface area contributed by atoms with E-state index in [1.165, 1.54) is 17.0 Å². The Balaban J connectivity index is 2.82. The monoisotopic (exact) mass is 267 g/mol. The molecular formula is C15H29N3O. The van der Waals surface area contributed by atoms with Crippen LogP contribution >= 0.6 is 0 Å². The second kappa shape index (κ2) is 7.06. The van der Waals surface area contributed by atoms with Gasteiger partial charge in [0.25, 0.3) is 0 Å². The molecule has 0 atom stereocenters. The van der Waals surface area contributed by atoms with E-state index >= 15 is 0 Å². The van der Waals surface area contributed by atoms with Gasteiger partial charge >= 0.3 is 0 Å². The molecule has 110 valence electrons. The van der Waals surface area contributed by atoms with E-state index in [1.54, 1.807) is 0 Å². The van der Waals surface area contributed by atoms with Gasteiger partial charge in [0, 0.05) is 5.69 Å². The highest BCUT2D eigenvalue weighted by atomic mass is 16.5. The van der Waals surface area contributed by atoms with Crippen molar-refractivity contribution in [2.45, 2.75) is 66.0 Å². The van der Waals surface area contributed by atoms with Gasteiger partial charge in [-0.05, 0) is 52.1 Å². The minimum Gasteiger partial charge on any atom is -0.374 e. The molecule has 0 unspecified atom stereocenters. The number of nitrogens with zero attached hydrogens (tertiary/aromatic N) is 2. The van der Waals surface area contributed by atoms with Crippen molar-refractivity contribution in [1.29, 1.82) is 0 Å². The van der Waals surface area contributed by atoms with Crippen LogP contribution in [0.4, 0.5) is 0 Å². The summed E-state index contributed by atoms with van der Waals surface area (Å²) in [5.41, 5.74) is 9.48. The molecule has 1 heterocycles. The number of aromatic nitrogens is 2. The lowest BCUT2D eigenvalue weighted by atomic mass is 10.1. The first-order valence-electron chi connectivity index (χ1n) is 7.34. The third-order valence-corrected chi connectivity index (χ3v) is 3.15. The van der Waals surface area contributed by atoms with Crippen molar-refractivity contribution in [2.75, 3.05) is 13.2 Å². The smallest absolute Gasteiger partial charge is 0.0669 e. The number of ether oxygens (including phenoxy) is 1. The Kier molecular flexibility index (Phi) is 6.01. The lowest BCUT2D eigenvalue weighted by molar-refractivity contribution is -0.00817. The number of rotatable bonds is 7. The molecule has 0 bridgehead atoms. The van der Waals surface area contributed by atoms with Crippen molar-refractivity contribution in [1.82, 2.24) is 9.78 Å². The first-order valence-corrected chi connectivity index (χ1v) is 7.34. The average molecular weight is 267 g/mol. The van der Waals surface area contributed by atoms with E-state index < -0.39 is 0 Å². The van der Waals surface area contributed by atoms with Crippen LogP contribution in [-0.4, -0.2) is 28.5 Å². The molecular weight excluding hydrogens is 238 g/mol. The topological polar surface area (TPSA) is 53.1 Å². The van der Waals surface area contributed by atoms with Gasteiger partial charge in [-0.25, -0.2) is 0 Å². The van der Waals surface area contributed by atoms with Crippen molar-refractivity contribution in [3.8, 4) is 0 Å². The number of aryl methyl sites for hydroxylation is 1. The quantitative estimate of drug-likeness (QED) is 0.825. The normalized spacial score (nSPS) is 12.1. The summed E-state index contributed by atoms with van der Waals surface area (Å²) < 4.78 is 7.90. The van der Waals surface area contributed by atoms with E-state index in [9.17, 15) is 0 Å². The average Bonchev–Trinajstić information content (AvgIpc) is 2.65. The summed E-state index contributed by atoms with van der Waals surface area (Å²) in [5.74, 6) is 0. The Hall–Kier alpha value is -0.870. The van der Waals surface area contributed by atoms with Crippen molar-refractivity contribution >= 4 is 0 Å². The second-order valence-corrected chi connectivity index (χ2v) is 5.80. The van der Waals surface area contributed by atoms with Gasteiger partial charge in [0.1, 0.15) is 0 Å². The van der Waals surface area contributed by atoms with Crippen LogP contribution in [0.1, 0.15) is 51.6 Å². The number of hydrogen-bond donors (Lipinski definition) is 1. The molecule has 0 aliphatic carbocycles. The third kappa shape index (κ3) is 4.62. The Morgan fingerprint density at radius 1 is 1.21 bits per heavy atom. The largest absolute Gasteiger partial charge is 0.374 e. The summed E-state index contributed by atoms with van der Waals surface area (Å²) >= 11 is 0. The molecule has 0 radical (unpaired) electrons. The Labute approximate surface area is 117 Å². The predicted octanol–water partition coefficient (Wildman–Crippen LogP) is 2.32. The second-order valence-electron chi connectivity index (χ2n) is 5.80. The Morgan fingerprint density at radius 2 is 1.89 bits per heavy atom. The van der Waals surface area contributed by atoms with Crippen LogP contribution in [-0.2, 0) is 30.5 Å². The maximum Gasteiger partial charge on any atom is 0.0669 e. The number of hydrogen-bond acceptors (Lipinski definition) is 3. The Bertz CT molecular complexity index is 391. The maximum absolute atomic E-state index is 5.79. The van der Waals surface area contributed by atoms with Gasteiger partial charge in [-0.2, -0.15) is 5.10 Å². The molecule has 1 rings (SSSR count). The molecule has 0 spiro atoms. The maximum atomic E-state index is 5.79. The first kappa shape index (κ1) is 16.2. The van der Waals surface area contributed by atoms with Crippen molar-refractivity contribution in [3.05, 3.63) is 17.0 Å². The van der Waals surface area contributed by atoms with Crippen LogP contribution in [0.5, 0.6) is 0 Å². The van der Waals surface area contributed by atoms with Gasteiger partial charge in [0.2, 0.25) is 0 Å². The first-order chi connectivity index (χ1) is 8.92. The molecule has 0 saturated heterocycles. The molecule has 0 aliphatic heterocycles. The minimum atomic E-state index is -0.0901. The van der Waals surface area contributed by atoms with Gasteiger partial charge in [-0.15, -0.1) is 0 Å². The molecule has 0 aromatic carbocycles. The molecule has 0 aliphatic rings. The SMILES string of the molecule is CCc1nn(CCOC(C)(C)C)c(CC)c1CCN. The highest BCUT2D eigenvalue weighted by Gasteiger charge is 2.15. The highest BCUT2D eigenvalue weighted by Crippen LogP contribution is 2.17. The zero-order valence-corrected chi connectivity index (χ0v) is 13.1. The molecule has 4 nitrogen and oxygen atoms in total. The van der Waals surface area contributed by atoms with Crippen LogP contribution in [0.15, 0.2) is 0 Å². The van der Waals surface area contributed by atoms with Gasteiger partial charge in [0.05, 0.1) is 24.4 Å². The lowest BCUT2D eigenvalue weighted by Gasteiger charge is -2.19. The van der Waals surface area contributed by atoms with Crippen LogP contribution in [0.25, 0.3) is 0 Å². The molecule has 4 heteroatoms. The minimum absolute atomic E-state index is 0.0901. The highest BCUT2D eigenvalue weighted by molar-refractivity contribution is 5.27. The summed E-state index contributed by atoms with van der Waals surface area (Å²) in [6.45, 7) is 12.8. The summed E-state index contributed by atoms with van der Waals surface area (Å²) in [4.78, 5) is 0. The fourth-order valence-corrected chi connectivity index (χ4v) is 2.32. The van der Waals surface area contributed by atoms with E-state index in [2.05, 4.69) is 39.3 Å². The zero-order valence-electron chi connectivity index (χ0n) is 13.1. The lowest BCUT2D eigenvalue weighted by Crippen LogP contribution is -2.22. The van der Waals surface area contributed by atoms with Crippen LogP contribution in [0, 0.1) is 0 Å². The van der Waals surface area contributed by atoms with Gasteiger partial charge in [-0.3, -0.25) is 4.68 Å². The molecule has 1 aromatic heterocycles.